The van der Waals surface area contributed by atoms with Crippen LogP contribution in [0.4, 0.5) is 0 Å². The highest BCUT2D eigenvalue weighted by Crippen LogP contribution is 2.19. The van der Waals surface area contributed by atoms with Crippen molar-refractivity contribution in [2.75, 3.05) is 6.61 Å². The van der Waals surface area contributed by atoms with E-state index in [2.05, 4.69) is 18.8 Å². The summed E-state index contributed by atoms with van der Waals surface area (Å²) in [6, 6.07) is 4.11. The molecule has 0 aliphatic carbocycles. The molecule has 1 aromatic heterocycles. The number of hydrogen-bond acceptors (Lipinski definition) is 3. The Hall–Kier alpha value is -1.09. The minimum absolute atomic E-state index is 0.106. The third-order valence-electron chi connectivity index (χ3n) is 2.89. The van der Waals surface area contributed by atoms with Gasteiger partial charge < -0.3 is 10.5 Å². The molecule has 102 valence electrons. The van der Waals surface area contributed by atoms with Crippen molar-refractivity contribution >= 4 is 0 Å². The van der Waals surface area contributed by atoms with E-state index in [1.807, 2.05) is 26.0 Å². The first-order chi connectivity index (χ1) is 8.52. The molecule has 0 saturated heterocycles. The molecule has 0 saturated carbocycles. The monoisotopic (exact) mass is 250 g/mol. The second-order valence-electron chi connectivity index (χ2n) is 5.28. The van der Waals surface area contributed by atoms with Gasteiger partial charge in [0.25, 0.3) is 0 Å². The molecule has 3 nitrogen and oxygen atoms in total. The van der Waals surface area contributed by atoms with E-state index in [4.69, 9.17) is 10.5 Å². The fourth-order valence-electron chi connectivity index (χ4n) is 1.99. The van der Waals surface area contributed by atoms with Gasteiger partial charge in [-0.3, -0.25) is 4.98 Å². The molecule has 1 aromatic rings. The Labute approximate surface area is 111 Å². The Kier molecular flexibility index (Phi) is 6.13. The Morgan fingerprint density at radius 3 is 2.67 bits per heavy atom. The third-order valence-corrected chi connectivity index (χ3v) is 2.89. The fourth-order valence-corrected chi connectivity index (χ4v) is 1.99. The summed E-state index contributed by atoms with van der Waals surface area (Å²) in [5.74, 6) is 1.47. The van der Waals surface area contributed by atoms with Gasteiger partial charge in [0.05, 0.1) is 12.3 Å². The first-order valence-corrected chi connectivity index (χ1v) is 6.87. The number of hydrogen-bond donors (Lipinski definition) is 1. The lowest BCUT2D eigenvalue weighted by atomic mass is 10.1. The molecule has 0 radical (unpaired) electrons. The van der Waals surface area contributed by atoms with Gasteiger partial charge in [0, 0.05) is 18.2 Å². The number of rotatable bonds is 7. The number of aromatic nitrogens is 1. The quantitative estimate of drug-likeness (QED) is 0.809. The third kappa shape index (κ3) is 5.05. The van der Waals surface area contributed by atoms with Crippen LogP contribution in [0.3, 0.4) is 0 Å². The molecular formula is C15H26N2O. The van der Waals surface area contributed by atoms with Crippen LogP contribution >= 0.6 is 0 Å². The van der Waals surface area contributed by atoms with Gasteiger partial charge in [-0.05, 0) is 38.3 Å². The molecule has 2 unspecified atom stereocenters. The summed E-state index contributed by atoms with van der Waals surface area (Å²) in [6.07, 6.45) is 3.16. The molecule has 0 fully saturated rings. The predicted molar refractivity (Wildman–Crippen MR) is 75.9 cm³/mol. The highest BCUT2D eigenvalue weighted by molar-refractivity contribution is 5.29. The molecule has 1 heterocycles. The topological polar surface area (TPSA) is 48.1 Å². The van der Waals surface area contributed by atoms with Crippen LogP contribution < -0.4 is 10.5 Å². The molecule has 0 spiro atoms. The predicted octanol–water partition coefficient (Wildman–Crippen LogP) is 3.09. The Balaban J connectivity index is 2.68. The van der Waals surface area contributed by atoms with E-state index >= 15 is 0 Å². The van der Waals surface area contributed by atoms with Crippen LogP contribution in [-0.2, 0) is 6.42 Å². The first kappa shape index (κ1) is 15.0. The van der Waals surface area contributed by atoms with Crippen molar-refractivity contribution in [3.8, 4) is 5.75 Å². The largest absolute Gasteiger partial charge is 0.491 e. The molecule has 2 atom stereocenters. The summed E-state index contributed by atoms with van der Waals surface area (Å²) in [5, 5.41) is 0. The van der Waals surface area contributed by atoms with Crippen LogP contribution in [0.15, 0.2) is 12.1 Å². The minimum atomic E-state index is 0.106. The van der Waals surface area contributed by atoms with Gasteiger partial charge >= 0.3 is 0 Å². The van der Waals surface area contributed by atoms with Crippen LogP contribution in [0.2, 0.25) is 0 Å². The van der Waals surface area contributed by atoms with E-state index in [0.717, 1.165) is 30.2 Å². The van der Waals surface area contributed by atoms with Crippen molar-refractivity contribution in [2.45, 2.75) is 53.0 Å². The second kappa shape index (κ2) is 7.37. The lowest BCUT2D eigenvalue weighted by molar-refractivity contribution is 0.248. The van der Waals surface area contributed by atoms with Crippen molar-refractivity contribution in [1.82, 2.24) is 4.98 Å². The molecule has 3 heteroatoms. The summed E-state index contributed by atoms with van der Waals surface area (Å²) in [4.78, 5) is 4.53. The Morgan fingerprint density at radius 1 is 1.33 bits per heavy atom. The maximum absolute atomic E-state index is 5.89. The second-order valence-corrected chi connectivity index (χ2v) is 5.28. The highest BCUT2D eigenvalue weighted by Gasteiger charge is 2.10. The minimum Gasteiger partial charge on any atom is -0.491 e. The van der Waals surface area contributed by atoms with Gasteiger partial charge in [-0.25, -0.2) is 0 Å². The van der Waals surface area contributed by atoms with Crippen molar-refractivity contribution in [2.24, 2.45) is 11.7 Å². The number of nitrogens with two attached hydrogens (primary N) is 1. The van der Waals surface area contributed by atoms with Gasteiger partial charge in [0.15, 0.2) is 0 Å². The number of pyridine rings is 1. The normalized spacial score (nSPS) is 14.3. The Bertz CT molecular complexity index is 364. The van der Waals surface area contributed by atoms with Crippen molar-refractivity contribution in [1.29, 1.82) is 0 Å². The zero-order chi connectivity index (χ0) is 13.5. The average molecular weight is 250 g/mol. The molecule has 0 aromatic carbocycles. The average Bonchev–Trinajstić information content (AvgIpc) is 2.27. The van der Waals surface area contributed by atoms with E-state index < -0.39 is 0 Å². The summed E-state index contributed by atoms with van der Waals surface area (Å²) in [7, 11) is 0. The molecule has 0 bridgehead atoms. The zero-order valence-corrected chi connectivity index (χ0v) is 12.1. The maximum Gasteiger partial charge on any atom is 0.140 e. The lowest BCUT2D eigenvalue weighted by Gasteiger charge is -2.16. The van der Waals surface area contributed by atoms with Crippen molar-refractivity contribution in [3.05, 3.63) is 23.5 Å². The highest BCUT2D eigenvalue weighted by atomic mass is 16.5. The van der Waals surface area contributed by atoms with E-state index in [1.54, 1.807) is 0 Å². The molecule has 2 N–H and O–H groups in total. The summed E-state index contributed by atoms with van der Waals surface area (Å²) in [5.41, 5.74) is 7.85. The fraction of sp³-hybridized carbons (Fsp3) is 0.667. The summed E-state index contributed by atoms with van der Waals surface area (Å²) < 4.78 is 5.89. The number of aryl methyl sites for hydroxylation is 1. The zero-order valence-electron chi connectivity index (χ0n) is 12.1. The van der Waals surface area contributed by atoms with Crippen LogP contribution in [-0.4, -0.2) is 17.6 Å². The summed E-state index contributed by atoms with van der Waals surface area (Å²) >= 11 is 0. The molecule has 0 amide bonds. The van der Waals surface area contributed by atoms with Gasteiger partial charge in [-0.2, -0.15) is 0 Å². The number of nitrogens with zero attached hydrogens (tertiary/aromatic N) is 1. The molecule has 18 heavy (non-hydrogen) atoms. The lowest BCUT2D eigenvalue weighted by Crippen LogP contribution is -2.20. The SMILES string of the molecule is CCCC(C)COc1ccc(C)nc1CC(C)N. The van der Waals surface area contributed by atoms with Crippen LogP contribution in [0.25, 0.3) is 0 Å². The molecule has 0 aliphatic heterocycles. The van der Waals surface area contributed by atoms with E-state index in [-0.39, 0.29) is 6.04 Å². The van der Waals surface area contributed by atoms with E-state index in [0.29, 0.717) is 5.92 Å². The van der Waals surface area contributed by atoms with Crippen LogP contribution in [0, 0.1) is 12.8 Å². The smallest absolute Gasteiger partial charge is 0.140 e. The van der Waals surface area contributed by atoms with Crippen molar-refractivity contribution < 1.29 is 4.74 Å². The molecule has 0 aliphatic rings. The molecular weight excluding hydrogens is 224 g/mol. The molecule has 1 rings (SSSR count). The van der Waals surface area contributed by atoms with Crippen LogP contribution in [0.5, 0.6) is 5.75 Å². The maximum atomic E-state index is 5.89. The van der Waals surface area contributed by atoms with Crippen molar-refractivity contribution in [3.63, 3.8) is 0 Å². The van der Waals surface area contributed by atoms with Gasteiger partial charge in [0.2, 0.25) is 0 Å². The first-order valence-electron chi connectivity index (χ1n) is 6.87. The van der Waals surface area contributed by atoms with Gasteiger partial charge in [-0.15, -0.1) is 0 Å². The number of ether oxygens (including phenoxy) is 1. The Morgan fingerprint density at radius 2 is 2.06 bits per heavy atom. The van der Waals surface area contributed by atoms with Crippen LogP contribution in [0.1, 0.15) is 45.0 Å². The van der Waals surface area contributed by atoms with E-state index in [1.165, 1.54) is 12.8 Å². The van der Waals surface area contributed by atoms with Gasteiger partial charge in [-0.1, -0.05) is 20.3 Å². The van der Waals surface area contributed by atoms with Gasteiger partial charge in [0.1, 0.15) is 5.75 Å². The summed E-state index contributed by atoms with van der Waals surface area (Å²) in [6.45, 7) is 9.16. The van der Waals surface area contributed by atoms with E-state index in [9.17, 15) is 0 Å². The standard InChI is InChI=1S/C15H26N2O/c1-5-6-11(2)10-18-15-8-7-13(4)17-14(15)9-12(3)16/h7-8,11-12H,5-6,9-10,16H2,1-4H3.